The SMILES string of the molecule is Cc1c(CNC2CC2)cccc1S(=O)(=O)NC1(C)CCC1. The van der Waals surface area contributed by atoms with E-state index in [2.05, 4.69) is 10.0 Å². The highest BCUT2D eigenvalue weighted by molar-refractivity contribution is 7.89. The molecule has 0 saturated heterocycles. The van der Waals surface area contributed by atoms with Crippen molar-refractivity contribution in [2.45, 2.75) is 69.0 Å². The molecule has 0 aromatic heterocycles. The van der Waals surface area contributed by atoms with Crippen LogP contribution in [0.5, 0.6) is 0 Å². The molecule has 0 aliphatic heterocycles. The van der Waals surface area contributed by atoms with Crippen LogP contribution in [-0.2, 0) is 16.6 Å². The maximum atomic E-state index is 12.6. The number of rotatable bonds is 6. The second kappa shape index (κ2) is 5.38. The van der Waals surface area contributed by atoms with Gasteiger partial charge in [0.25, 0.3) is 0 Å². The molecule has 1 aromatic rings. The predicted octanol–water partition coefficient (Wildman–Crippen LogP) is 2.47. The van der Waals surface area contributed by atoms with Gasteiger partial charge in [0.05, 0.1) is 4.90 Å². The predicted molar refractivity (Wildman–Crippen MR) is 83.6 cm³/mol. The smallest absolute Gasteiger partial charge is 0.241 e. The highest BCUT2D eigenvalue weighted by atomic mass is 32.2. The zero-order valence-corrected chi connectivity index (χ0v) is 13.6. The van der Waals surface area contributed by atoms with E-state index in [1.165, 1.54) is 12.8 Å². The Labute approximate surface area is 127 Å². The minimum Gasteiger partial charge on any atom is -0.310 e. The zero-order chi connectivity index (χ0) is 15.1. The zero-order valence-electron chi connectivity index (χ0n) is 12.8. The van der Waals surface area contributed by atoms with E-state index in [1.807, 2.05) is 26.0 Å². The average molecular weight is 308 g/mol. The van der Waals surface area contributed by atoms with Gasteiger partial charge in [-0.2, -0.15) is 0 Å². The number of hydrogen-bond acceptors (Lipinski definition) is 3. The Hall–Kier alpha value is -0.910. The van der Waals surface area contributed by atoms with Gasteiger partial charge in [-0.05, 0) is 63.1 Å². The van der Waals surface area contributed by atoms with Crippen molar-refractivity contribution in [3.8, 4) is 0 Å². The standard InChI is InChI=1S/C16H24N2O2S/c1-12-13(11-17-14-7-8-14)5-3-6-15(12)21(19,20)18-16(2)9-4-10-16/h3,5-6,14,17-18H,4,7-11H2,1-2H3. The van der Waals surface area contributed by atoms with Crippen LogP contribution in [0, 0.1) is 6.92 Å². The van der Waals surface area contributed by atoms with E-state index in [1.54, 1.807) is 6.07 Å². The molecule has 0 radical (unpaired) electrons. The van der Waals surface area contributed by atoms with Gasteiger partial charge < -0.3 is 5.32 Å². The fourth-order valence-corrected chi connectivity index (χ4v) is 4.63. The summed E-state index contributed by atoms with van der Waals surface area (Å²) in [6.07, 6.45) is 5.42. The topological polar surface area (TPSA) is 58.2 Å². The third-order valence-electron chi connectivity index (χ3n) is 4.68. The summed E-state index contributed by atoms with van der Waals surface area (Å²) in [7, 11) is -3.43. The second-order valence-electron chi connectivity index (χ2n) is 6.72. The summed E-state index contributed by atoms with van der Waals surface area (Å²) >= 11 is 0. The fourth-order valence-electron chi connectivity index (χ4n) is 2.87. The molecule has 0 amide bonds. The van der Waals surface area contributed by atoms with E-state index in [-0.39, 0.29) is 5.54 Å². The molecule has 4 nitrogen and oxygen atoms in total. The number of sulfonamides is 1. The van der Waals surface area contributed by atoms with Gasteiger partial charge in [0.1, 0.15) is 0 Å². The molecule has 116 valence electrons. The van der Waals surface area contributed by atoms with Crippen LogP contribution in [0.15, 0.2) is 23.1 Å². The van der Waals surface area contributed by atoms with Crippen LogP contribution in [0.2, 0.25) is 0 Å². The Morgan fingerprint density at radius 1 is 1.29 bits per heavy atom. The van der Waals surface area contributed by atoms with E-state index in [9.17, 15) is 8.42 Å². The molecular formula is C16H24N2O2S. The van der Waals surface area contributed by atoms with Crippen molar-refractivity contribution in [2.75, 3.05) is 0 Å². The van der Waals surface area contributed by atoms with Crippen molar-refractivity contribution >= 4 is 10.0 Å². The molecular weight excluding hydrogens is 284 g/mol. The maximum absolute atomic E-state index is 12.6. The van der Waals surface area contributed by atoms with Crippen molar-refractivity contribution in [1.82, 2.24) is 10.0 Å². The largest absolute Gasteiger partial charge is 0.310 e. The first-order valence-electron chi connectivity index (χ1n) is 7.75. The van der Waals surface area contributed by atoms with Crippen molar-refractivity contribution in [3.05, 3.63) is 29.3 Å². The van der Waals surface area contributed by atoms with Crippen molar-refractivity contribution in [3.63, 3.8) is 0 Å². The van der Waals surface area contributed by atoms with E-state index in [0.717, 1.165) is 36.9 Å². The molecule has 3 rings (SSSR count). The van der Waals surface area contributed by atoms with Gasteiger partial charge in [-0.1, -0.05) is 12.1 Å². The second-order valence-corrected chi connectivity index (χ2v) is 8.37. The van der Waals surface area contributed by atoms with Crippen LogP contribution in [0.1, 0.15) is 50.2 Å². The van der Waals surface area contributed by atoms with Crippen molar-refractivity contribution in [2.24, 2.45) is 0 Å². The molecule has 2 fully saturated rings. The first kappa shape index (κ1) is 15.0. The van der Waals surface area contributed by atoms with Crippen LogP contribution in [-0.4, -0.2) is 20.0 Å². The third kappa shape index (κ3) is 3.30. The van der Waals surface area contributed by atoms with Crippen LogP contribution >= 0.6 is 0 Å². The van der Waals surface area contributed by atoms with Crippen LogP contribution in [0.4, 0.5) is 0 Å². The Morgan fingerprint density at radius 3 is 2.57 bits per heavy atom. The molecule has 2 saturated carbocycles. The molecule has 0 bridgehead atoms. The lowest BCUT2D eigenvalue weighted by Crippen LogP contribution is -2.50. The van der Waals surface area contributed by atoms with Crippen LogP contribution < -0.4 is 10.0 Å². The Bertz CT molecular complexity index is 632. The molecule has 0 unspecified atom stereocenters. The summed E-state index contributed by atoms with van der Waals surface area (Å²) in [5.74, 6) is 0. The molecule has 2 N–H and O–H groups in total. The van der Waals surface area contributed by atoms with Crippen molar-refractivity contribution in [1.29, 1.82) is 0 Å². The highest BCUT2D eigenvalue weighted by Gasteiger charge is 2.36. The number of hydrogen-bond donors (Lipinski definition) is 2. The lowest BCUT2D eigenvalue weighted by atomic mass is 9.80. The molecule has 0 heterocycles. The van der Waals surface area contributed by atoms with Crippen LogP contribution in [0.25, 0.3) is 0 Å². The molecule has 21 heavy (non-hydrogen) atoms. The summed E-state index contributed by atoms with van der Waals surface area (Å²) in [5, 5.41) is 3.45. The number of benzene rings is 1. The van der Waals surface area contributed by atoms with Gasteiger partial charge in [0.2, 0.25) is 10.0 Å². The Kier molecular flexibility index (Phi) is 3.84. The summed E-state index contributed by atoms with van der Waals surface area (Å²) < 4.78 is 28.1. The minimum atomic E-state index is -3.43. The molecule has 5 heteroatoms. The summed E-state index contributed by atoms with van der Waals surface area (Å²) in [5.41, 5.74) is 1.68. The normalized spacial score (nSPS) is 21.0. The van der Waals surface area contributed by atoms with E-state index in [4.69, 9.17) is 0 Å². The first-order valence-corrected chi connectivity index (χ1v) is 9.24. The first-order chi connectivity index (χ1) is 9.90. The molecule has 1 aromatic carbocycles. The minimum absolute atomic E-state index is 0.256. The number of nitrogens with one attached hydrogen (secondary N) is 2. The monoisotopic (exact) mass is 308 g/mol. The highest BCUT2D eigenvalue weighted by Crippen LogP contribution is 2.33. The summed E-state index contributed by atoms with van der Waals surface area (Å²) in [6, 6.07) is 6.18. The summed E-state index contributed by atoms with van der Waals surface area (Å²) in [4.78, 5) is 0.422. The summed E-state index contributed by atoms with van der Waals surface area (Å²) in [6.45, 7) is 4.64. The van der Waals surface area contributed by atoms with E-state index >= 15 is 0 Å². The Morgan fingerprint density at radius 2 is 2.00 bits per heavy atom. The quantitative estimate of drug-likeness (QED) is 0.849. The average Bonchev–Trinajstić information content (AvgIpc) is 3.19. The lowest BCUT2D eigenvalue weighted by Gasteiger charge is -2.38. The fraction of sp³-hybridized carbons (Fsp3) is 0.625. The van der Waals surface area contributed by atoms with E-state index < -0.39 is 10.0 Å². The van der Waals surface area contributed by atoms with Gasteiger partial charge in [-0.3, -0.25) is 0 Å². The molecule has 2 aliphatic carbocycles. The van der Waals surface area contributed by atoms with E-state index in [0.29, 0.717) is 10.9 Å². The van der Waals surface area contributed by atoms with Gasteiger partial charge in [-0.25, -0.2) is 13.1 Å². The lowest BCUT2D eigenvalue weighted by molar-refractivity contribution is 0.248. The van der Waals surface area contributed by atoms with Gasteiger partial charge in [0.15, 0.2) is 0 Å². The molecule has 0 spiro atoms. The molecule has 2 aliphatic rings. The van der Waals surface area contributed by atoms with Crippen molar-refractivity contribution < 1.29 is 8.42 Å². The van der Waals surface area contributed by atoms with Gasteiger partial charge >= 0.3 is 0 Å². The molecule has 0 atom stereocenters. The van der Waals surface area contributed by atoms with Gasteiger partial charge in [-0.15, -0.1) is 0 Å². The van der Waals surface area contributed by atoms with Gasteiger partial charge in [0, 0.05) is 18.1 Å². The Balaban J connectivity index is 1.81. The maximum Gasteiger partial charge on any atom is 0.241 e. The third-order valence-corrected chi connectivity index (χ3v) is 6.47. The van der Waals surface area contributed by atoms with Crippen LogP contribution in [0.3, 0.4) is 0 Å².